The lowest BCUT2D eigenvalue weighted by molar-refractivity contribution is 0.333. The molecule has 2 heteroatoms. The average molecular weight is 185 g/mol. The van der Waals surface area contributed by atoms with Crippen LogP contribution in [0.25, 0.3) is 0 Å². The molecule has 0 bridgehead atoms. The van der Waals surface area contributed by atoms with Gasteiger partial charge in [0.05, 0.1) is 12.6 Å². The van der Waals surface area contributed by atoms with Crippen molar-refractivity contribution in [2.24, 2.45) is 10.4 Å². The van der Waals surface area contributed by atoms with Crippen molar-refractivity contribution in [3.63, 3.8) is 0 Å². The van der Waals surface area contributed by atoms with Crippen LogP contribution < -0.4 is 0 Å². The molecule has 0 unspecified atom stereocenters. The van der Waals surface area contributed by atoms with Crippen molar-refractivity contribution in [3.05, 3.63) is 0 Å². The van der Waals surface area contributed by atoms with Crippen LogP contribution in [0.1, 0.15) is 48.0 Å². The number of hydrogen-bond donors (Lipinski definition) is 0. The van der Waals surface area contributed by atoms with Gasteiger partial charge in [0.15, 0.2) is 5.90 Å². The molecule has 0 aromatic carbocycles. The maximum atomic E-state index is 5.25. The summed E-state index contributed by atoms with van der Waals surface area (Å²) in [5, 5.41) is 0. The van der Waals surface area contributed by atoms with Crippen LogP contribution in [-0.4, -0.2) is 18.5 Å². The molecule has 0 fully saturated rings. The minimum atomic E-state index is -0.0450. The van der Waals surface area contributed by atoms with Gasteiger partial charge in [-0.05, 0) is 26.2 Å². The first kappa shape index (κ1) is 12.5. The zero-order valence-electron chi connectivity index (χ0n) is 10.1. The van der Waals surface area contributed by atoms with E-state index in [1.165, 1.54) is 0 Å². The minimum absolute atomic E-state index is 0.0450. The molecule has 13 heavy (non-hydrogen) atoms. The lowest BCUT2D eigenvalue weighted by Crippen LogP contribution is -2.20. The van der Waals surface area contributed by atoms with Gasteiger partial charge in [0.2, 0.25) is 0 Å². The second-order valence-electron chi connectivity index (χ2n) is 5.62. The van der Waals surface area contributed by atoms with Crippen LogP contribution >= 0.6 is 0 Å². The summed E-state index contributed by atoms with van der Waals surface area (Å²) in [4.78, 5) is 4.51. The molecular formula is C11H23NO. The molecule has 0 aromatic heterocycles. The first-order valence-corrected chi connectivity index (χ1v) is 4.77. The van der Waals surface area contributed by atoms with Crippen molar-refractivity contribution in [2.45, 2.75) is 53.5 Å². The number of rotatable bonds is 1. The Labute approximate surface area is 82.4 Å². The third-order valence-electron chi connectivity index (χ3n) is 1.38. The van der Waals surface area contributed by atoms with E-state index >= 15 is 0 Å². The smallest absolute Gasteiger partial charge is 0.183 e. The lowest BCUT2D eigenvalue weighted by Gasteiger charge is -2.21. The number of aliphatic imine (C=N–C) groups is 1. The summed E-state index contributed by atoms with van der Waals surface area (Å²) in [5.41, 5.74) is 0.191. The highest BCUT2D eigenvalue weighted by molar-refractivity contribution is 5.77. The van der Waals surface area contributed by atoms with Crippen LogP contribution in [0.15, 0.2) is 4.99 Å². The molecule has 0 N–H and O–H groups in total. The molecule has 0 atom stereocenters. The molecule has 2 nitrogen and oxygen atoms in total. The Balaban J connectivity index is 4.45. The van der Waals surface area contributed by atoms with Gasteiger partial charge in [-0.15, -0.1) is 0 Å². The topological polar surface area (TPSA) is 21.6 Å². The molecule has 78 valence electrons. The molecule has 0 heterocycles. The summed E-state index contributed by atoms with van der Waals surface area (Å²) >= 11 is 0. The number of methoxy groups -OCH3 is 1. The summed E-state index contributed by atoms with van der Waals surface area (Å²) in [6.07, 6.45) is 0.890. The predicted octanol–water partition coefficient (Wildman–Crippen LogP) is 3.27. The molecule has 0 spiro atoms. The molecule has 0 rings (SSSR count). The monoisotopic (exact) mass is 185 g/mol. The standard InChI is InChI=1S/C11H23NO/c1-10(2,3)8-9(13-7)12-11(4,5)6/h8H2,1-7H3. The van der Waals surface area contributed by atoms with Gasteiger partial charge in [0.1, 0.15) is 0 Å². The van der Waals surface area contributed by atoms with E-state index in [1.807, 2.05) is 0 Å². The fourth-order valence-corrected chi connectivity index (χ4v) is 0.985. The summed E-state index contributed by atoms with van der Waals surface area (Å²) in [7, 11) is 1.69. The van der Waals surface area contributed by atoms with Crippen molar-refractivity contribution < 1.29 is 4.74 Å². The second kappa shape index (κ2) is 4.12. The van der Waals surface area contributed by atoms with E-state index in [2.05, 4.69) is 46.5 Å². The van der Waals surface area contributed by atoms with Gasteiger partial charge in [-0.25, -0.2) is 4.99 Å². The maximum Gasteiger partial charge on any atom is 0.183 e. The van der Waals surface area contributed by atoms with E-state index < -0.39 is 0 Å². The Hall–Kier alpha value is -0.530. The highest BCUT2D eigenvalue weighted by Gasteiger charge is 2.17. The summed E-state index contributed by atoms with van der Waals surface area (Å²) in [5.74, 6) is 0.847. The van der Waals surface area contributed by atoms with Gasteiger partial charge < -0.3 is 4.74 Å². The lowest BCUT2D eigenvalue weighted by atomic mass is 9.92. The Bertz CT molecular complexity index is 181. The fourth-order valence-electron chi connectivity index (χ4n) is 0.985. The number of hydrogen-bond acceptors (Lipinski definition) is 2. The van der Waals surface area contributed by atoms with Crippen molar-refractivity contribution in [2.75, 3.05) is 7.11 Å². The highest BCUT2D eigenvalue weighted by atomic mass is 16.5. The normalized spacial score (nSPS) is 14.5. The molecular weight excluding hydrogens is 162 g/mol. The second-order valence-corrected chi connectivity index (χ2v) is 5.62. The molecule has 0 aromatic rings. The van der Waals surface area contributed by atoms with Gasteiger partial charge in [-0.2, -0.15) is 0 Å². The van der Waals surface area contributed by atoms with E-state index in [9.17, 15) is 0 Å². The van der Waals surface area contributed by atoms with Crippen molar-refractivity contribution in [1.82, 2.24) is 0 Å². The van der Waals surface area contributed by atoms with Gasteiger partial charge >= 0.3 is 0 Å². The van der Waals surface area contributed by atoms with E-state index in [4.69, 9.17) is 4.74 Å². The quantitative estimate of drug-likeness (QED) is 0.454. The van der Waals surface area contributed by atoms with E-state index in [0.717, 1.165) is 12.3 Å². The van der Waals surface area contributed by atoms with Crippen molar-refractivity contribution in [1.29, 1.82) is 0 Å². The van der Waals surface area contributed by atoms with Gasteiger partial charge in [-0.1, -0.05) is 20.8 Å². The Kier molecular flexibility index (Phi) is 3.95. The van der Waals surface area contributed by atoms with Crippen LogP contribution in [0.3, 0.4) is 0 Å². The largest absolute Gasteiger partial charge is 0.484 e. The maximum absolute atomic E-state index is 5.25. The SMILES string of the molecule is COC(CC(C)(C)C)=NC(C)(C)C. The minimum Gasteiger partial charge on any atom is -0.484 e. The Morgan fingerprint density at radius 1 is 1.08 bits per heavy atom. The van der Waals surface area contributed by atoms with E-state index in [0.29, 0.717) is 0 Å². The van der Waals surface area contributed by atoms with Crippen LogP contribution in [0.4, 0.5) is 0 Å². The van der Waals surface area contributed by atoms with Gasteiger partial charge in [-0.3, -0.25) is 0 Å². The van der Waals surface area contributed by atoms with E-state index in [-0.39, 0.29) is 11.0 Å². The number of ether oxygens (including phenoxy) is 1. The van der Waals surface area contributed by atoms with Gasteiger partial charge in [0, 0.05) is 6.42 Å². The van der Waals surface area contributed by atoms with Crippen LogP contribution in [0.5, 0.6) is 0 Å². The number of nitrogens with zero attached hydrogens (tertiary/aromatic N) is 1. The molecule has 0 amide bonds. The third-order valence-corrected chi connectivity index (χ3v) is 1.38. The van der Waals surface area contributed by atoms with Crippen LogP contribution in [0, 0.1) is 5.41 Å². The van der Waals surface area contributed by atoms with Gasteiger partial charge in [0.25, 0.3) is 0 Å². The summed E-state index contributed by atoms with van der Waals surface area (Å²) in [6, 6.07) is 0. The van der Waals surface area contributed by atoms with E-state index in [1.54, 1.807) is 7.11 Å². The predicted molar refractivity (Wildman–Crippen MR) is 58.3 cm³/mol. The van der Waals surface area contributed by atoms with Crippen molar-refractivity contribution in [3.8, 4) is 0 Å². The molecule has 0 aliphatic heterocycles. The first-order chi connectivity index (χ1) is 5.64. The third kappa shape index (κ3) is 7.82. The zero-order valence-corrected chi connectivity index (χ0v) is 10.1. The average Bonchev–Trinajstić information content (AvgIpc) is 1.79. The summed E-state index contributed by atoms with van der Waals surface area (Å²) < 4.78 is 5.25. The zero-order chi connectivity index (χ0) is 10.7. The first-order valence-electron chi connectivity index (χ1n) is 4.77. The highest BCUT2D eigenvalue weighted by Crippen LogP contribution is 2.21. The Morgan fingerprint density at radius 3 is 1.77 bits per heavy atom. The fraction of sp³-hybridized carbons (Fsp3) is 0.909. The Morgan fingerprint density at radius 2 is 1.54 bits per heavy atom. The molecule has 0 aliphatic rings. The molecule has 0 aliphatic carbocycles. The van der Waals surface area contributed by atoms with Crippen LogP contribution in [0.2, 0.25) is 0 Å². The molecule has 0 saturated heterocycles. The molecule has 0 radical (unpaired) electrons. The van der Waals surface area contributed by atoms with Crippen molar-refractivity contribution >= 4 is 5.90 Å². The van der Waals surface area contributed by atoms with Crippen LogP contribution in [-0.2, 0) is 4.74 Å². The summed E-state index contributed by atoms with van der Waals surface area (Å²) in [6.45, 7) is 12.8. The molecule has 0 saturated carbocycles.